The summed E-state index contributed by atoms with van der Waals surface area (Å²) in [5.41, 5.74) is 0.884. The van der Waals surface area contributed by atoms with Crippen molar-refractivity contribution in [1.29, 1.82) is 0 Å². The Kier molecular flexibility index (Phi) is 3.73. The second kappa shape index (κ2) is 5.54. The minimum Gasteiger partial charge on any atom is -0.478 e. The van der Waals surface area contributed by atoms with E-state index in [1.807, 2.05) is 30.3 Å². The number of aromatic amines is 1. The molecule has 2 aromatic carbocycles. The summed E-state index contributed by atoms with van der Waals surface area (Å²) in [7, 11) is 0. The van der Waals surface area contributed by atoms with Crippen LogP contribution in [0.5, 0.6) is 0 Å². The summed E-state index contributed by atoms with van der Waals surface area (Å²) in [5, 5.41) is 10.8. The van der Waals surface area contributed by atoms with Gasteiger partial charge in [0.05, 0.1) is 20.0 Å². The predicted octanol–water partition coefficient (Wildman–Crippen LogP) is 4.92. The maximum absolute atomic E-state index is 14.2. The normalized spacial score (nSPS) is 11.0. The van der Waals surface area contributed by atoms with Gasteiger partial charge in [0.2, 0.25) is 0 Å². The zero-order valence-corrected chi connectivity index (χ0v) is 13.0. The summed E-state index contributed by atoms with van der Waals surface area (Å²) in [5.74, 6) is -1.73. The van der Waals surface area contributed by atoms with Crippen LogP contribution in [-0.2, 0) is 0 Å². The second-order valence-electron chi connectivity index (χ2n) is 4.37. The van der Waals surface area contributed by atoms with Crippen LogP contribution in [0.15, 0.2) is 56.9 Å². The Morgan fingerprint density at radius 3 is 2.71 bits per heavy atom. The summed E-state index contributed by atoms with van der Waals surface area (Å²) >= 11 is 4.22. The predicted molar refractivity (Wildman–Crippen MR) is 83.5 cm³/mol. The first-order valence-corrected chi connectivity index (χ1v) is 7.64. The quantitative estimate of drug-likeness (QED) is 0.692. The molecule has 0 amide bonds. The van der Waals surface area contributed by atoms with E-state index in [0.29, 0.717) is 4.90 Å². The third kappa shape index (κ3) is 2.69. The van der Waals surface area contributed by atoms with Crippen molar-refractivity contribution in [3.8, 4) is 0 Å². The lowest BCUT2D eigenvalue weighted by atomic mass is 10.2. The Bertz CT molecular complexity index is 814. The molecule has 0 aliphatic rings. The molecule has 21 heavy (non-hydrogen) atoms. The number of rotatable bonds is 3. The number of para-hydroxylation sites is 1. The summed E-state index contributed by atoms with van der Waals surface area (Å²) in [6, 6.07) is 12.6. The first-order valence-electron chi connectivity index (χ1n) is 6.03. The van der Waals surface area contributed by atoms with Crippen LogP contribution in [-0.4, -0.2) is 16.1 Å². The first-order chi connectivity index (χ1) is 10.1. The molecule has 106 valence electrons. The Morgan fingerprint density at radius 2 is 2.00 bits per heavy atom. The number of fused-ring (bicyclic) bond motifs is 1. The van der Waals surface area contributed by atoms with Gasteiger partial charge >= 0.3 is 5.97 Å². The highest BCUT2D eigenvalue weighted by Gasteiger charge is 2.17. The molecule has 3 aromatic rings. The molecular weight excluding hydrogens is 357 g/mol. The fourth-order valence-electron chi connectivity index (χ4n) is 2.00. The van der Waals surface area contributed by atoms with Crippen LogP contribution in [0.1, 0.15) is 10.4 Å². The van der Waals surface area contributed by atoms with E-state index in [1.54, 1.807) is 0 Å². The zero-order chi connectivity index (χ0) is 15.0. The zero-order valence-electron chi connectivity index (χ0n) is 10.6. The van der Waals surface area contributed by atoms with E-state index >= 15 is 0 Å². The minimum atomic E-state index is -1.16. The van der Waals surface area contributed by atoms with Gasteiger partial charge in [0.15, 0.2) is 5.82 Å². The van der Waals surface area contributed by atoms with Gasteiger partial charge < -0.3 is 10.1 Å². The standard InChI is InChI=1S/C15H9BrFNO2S/c16-13-9(15(19)20)5-6-11(14(13)17)21-12-7-8-3-1-2-4-10(8)18-12/h1-7,18H,(H,19,20). The number of H-pyrrole nitrogens is 1. The summed E-state index contributed by atoms with van der Waals surface area (Å²) in [6.45, 7) is 0. The van der Waals surface area contributed by atoms with Gasteiger partial charge in [-0.3, -0.25) is 0 Å². The summed E-state index contributed by atoms with van der Waals surface area (Å²) in [6.07, 6.45) is 0. The molecule has 0 radical (unpaired) electrons. The molecular formula is C15H9BrFNO2S. The monoisotopic (exact) mass is 365 g/mol. The van der Waals surface area contributed by atoms with Gasteiger partial charge in [0, 0.05) is 10.9 Å². The smallest absolute Gasteiger partial charge is 0.336 e. The van der Waals surface area contributed by atoms with Crippen LogP contribution in [0.25, 0.3) is 10.9 Å². The molecule has 2 N–H and O–H groups in total. The molecule has 0 aliphatic heterocycles. The molecule has 0 saturated carbocycles. The average molecular weight is 366 g/mol. The Morgan fingerprint density at radius 1 is 1.24 bits per heavy atom. The first kappa shape index (κ1) is 14.2. The number of hydrogen-bond donors (Lipinski definition) is 2. The van der Waals surface area contributed by atoms with Gasteiger partial charge in [0.1, 0.15) is 0 Å². The molecule has 1 aromatic heterocycles. The number of benzene rings is 2. The van der Waals surface area contributed by atoms with E-state index in [9.17, 15) is 9.18 Å². The van der Waals surface area contributed by atoms with Crippen molar-refractivity contribution in [3.05, 3.63) is 58.3 Å². The van der Waals surface area contributed by atoms with Gasteiger partial charge in [-0.1, -0.05) is 30.0 Å². The molecule has 3 rings (SSSR count). The SMILES string of the molecule is O=C(O)c1ccc(Sc2cc3ccccc3[nH]2)c(F)c1Br. The van der Waals surface area contributed by atoms with Crippen molar-refractivity contribution in [2.75, 3.05) is 0 Å². The molecule has 0 bridgehead atoms. The van der Waals surface area contributed by atoms with Crippen molar-refractivity contribution in [1.82, 2.24) is 4.98 Å². The number of aromatic carboxylic acids is 1. The summed E-state index contributed by atoms with van der Waals surface area (Å²) < 4.78 is 14.2. The molecule has 0 saturated heterocycles. The largest absolute Gasteiger partial charge is 0.478 e. The van der Waals surface area contributed by atoms with E-state index in [2.05, 4.69) is 20.9 Å². The fourth-order valence-corrected chi connectivity index (χ4v) is 3.55. The lowest BCUT2D eigenvalue weighted by Crippen LogP contribution is -2.00. The lowest BCUT2D eigenvalue weighted by Gasteiger charge is -2.05. The lowest BCUT2D eigenvalue weighted by molar-refractivity contribution is 0.0695. The van der Waals surface area contributed by atoms with E-state index < -0.39 is 11.8 Å². The number of carbonyl (C=O) groups is 1. The van der Waals surface area contributed by atoms with Crippen LogP contribution in [0.2, 0.25) is 0 Å². The molecule has 0 aliphatic carbocycles. The van der Waals surface area contributed by atoms with Crippen molar-refractivity contribution in [3.63, 3.8) is 0 Å². The molecule has 1 heterocycles. The molecule has 3 nitrogen and oxygen atoms in total. The number of carboxylic acids is 1. The van der Waals surface area contributed by atoms with E-state index in [0.717, 1.165) is 15.9 Å². The van der Waals surface area contributed by atoms with Crippen molar-refractivity contribution >= 4 is 44.6 Å². The van der Waals surface area contributed by atoms with E-state index in [4.69, 9.17) is 5.11 Å². The fraction of sp³-hybridized carbons (Fsp3) is 0. The molecule has 0 atom stereocenters. The van der Waals surface area contributed by atoms with Crippen LogP contribution in [0.4, 0.5) is 4.39 Å². The Hall–Kier alpha value is -1.79. The highest BCUT2D eigenvalue weighted by Crippen LogP contribution is 2.35. The van der Waals surface area contributed by atoms with Crippen LogP contribution in [0, 0.1) is 5.82 Å². The molecule has 0 unspecified atom stereocenters. The van der Waals surface area contributed by atoms with Crippen LogP contribution >= 0.6 is 27.7 Å². The number of nitrogens with one attached hydrogen (secondary N) is 1. The van der Waals surface area contributed by atoms with Gasteiger partial charge in [-0.25, -0.2) is 9.18 Å². The Balaban J connectivity index is 1.98. The third-order valence-electron chi connectivity index (χ3n) is 3.00. The second-order valence-corrected chi connectivity index (χ2v) is 6.24. The van der Waals surface area contributed by atoms with E-state index in [1.165, 1.54) is 23.9 Å². The number of aromatic nitrogens is 1. The summed E-state index contributed by atoms with van der Waals surface area (Å²) in [4.78, 5) is 14.5. The number of carboxylic acid groups (broad SMARTS) is 1. The highest BCUT2D eigenvalue weighted by molar-refractivity contribution is 9.10. The van der Waals surface area contributed by atoms with Crippen molar-refractivity contribution < 1.29 is 14.3 Å². The van der Waals surface area contributed by atoms with Crippen LogP contribution < -0.4 is 0 Å². The molecule has 0 fully saturated rings. The third-order valence-corrected chi connectivity index (χ3v) is 4.75. The maximum Gasteiger partial charge on any atom is 0.336 e. The number of hydrogen-bond acceptors (Lipinski definition) is 2. The minimum absolute atomic E-state index is 0.0314. The van der Waals surface area contributed by atoms with Crippen molar-refractivity contribution in [2.24, 2.45) is 0 Å². The van der Waals surface area contributed by atoms with Gasteiger partial charge in [-0.15, -0.1) is 0 Å². The Labute approximate surface area is 132 Å². The molecule has 0 spiro atoms. The maximum atomic E-state index is 14.2. The van der Waals surface area contributed by atoms with Gasteiger partial charge in [-0.05, 0) is 40.2 Å². The molecule has 6 heteroatoms. The van der Waals surface area contributed by atoms with Crippen molar-refractivity contribution in [2.45, 2.75) is 9.92 Å². The number of halogens is 2. The average Bonchev–Trinajstić information content (AvgIpc) is 2.86. The highest BCUT2D eigenvalue weighted by atomic mass is 79.9. The van der Waals surface area contributed by atoms with Crippen LogP contribution in [0.3, 0.4) is 0 Å². The topological polar surface area (TPSA) is 53.1 Å². The van der Waals surface area contributed by atoms with E-state index in [-0.39, 0.29) is 10.0 Å². The van der Waals surface area contributed by atoms with Gasteiger partial charge in [-0.2, -0.15) is 0 Å². The van der Waals surface area contributed by atoms with Gasteiger partial charge in [0.25, 0.3) is 0 Å².